The van der Waals surface area contributed by atoms with Gasteiger partial charge in [0.15, 0.2) is 0 Å². The van der Waals surface area contributed by atoms with Crippen molar-refractivity contribution < 1.29 is 36.4 Å². The second-order valence-electron chi connectivity index (χ2n) is 5.57. The zero-order valence-corrected chi connectivity index (χ0v) is 13.5. The summed E-state index contributed by atoms with van der Waals surface area (Å²) in [7, 11) is -4.52. The van der Waals surface area contributed by atoms with Crippen LogP contribution < -0.4 is 0 Å². The van der Waals surface area contributed by atoms with Crippen molar-refractivity contribution in [3.63, 3.8) is 0 Å². The molecule has 0 bridgehead atoms. The van der Waals surface area contributed by atoms with Crippen LogP contribution in [-0.2, 0) is 14.8 Å². The van der Waals surface area contributed by atoms with Crippen LogP contribution in [0.15, 0.2) is 23.1 Å². The predicted octanol–water partition coefficient (Wildman–Crippen LogP) is 1.79. The SMILES string of the molecule is Cc1c([N+](=O)[O-])cccc1S(=O)(=O)N1C[C@@H](C(F)(F)F)[C@H](C(=O)O)C1. The average molecular weight is 382 g/mol. The highest BCUT2D eigenvalue weighted by atomic mass is 32.2. The molecule has 12 heteroatoms. The van der Waals surface area contributed by atoms with E-state index in [-0.39, 0.29) is 5.56 Å². The Bertz CT molecular complexity index is 824. The third-order valence-electron chi connectivity index (χ3n) is 4.09. The molecule has 138 valence electrons. The fourth-order valence-corrected chi connectivity index (χ4v) is 4.50. The van der Waals surface area contributed by atoms with Crippen LogP contribution in [0.3, 0.4) is 0 Å². The van der Waals surface area contributed by atoms with Gasteiger partial charge in [0.1, 0.15) is 0 Å². The van der Waals surface area contributed by atoms with Gasteiger partial charge in [-0.1, -0.05) is 6.07 Å². The first-order valence-corrected chi connectivity index (χ1v) is 8.35. The lowest BCUT2D eigenvalue weighted by atomic mass is 9.96. The molecular formula is C13H13F3N2O6S. The summed E-state index contributed by atoms with van der Waals surface area (Å²) < 4.78 is 64.7. The molecule has 1 aliphatic rings. The van der Waals surface area contributed by atoms with E-state index in [2.05, 4.69) is 0 Å². The minimum atomic E-state index is -4.88. The summed E-state index contributed by atoms with van der Waals surface area (Å²) in [4.78, 5) is 20.7. The van der Waals surface area contributed by atoms with E-state index in [1.807, 2.05) is 0 Å². The number of aliphatic carboxylic acids is 1. The zero-order chi connectivity index (χ0) is 19.2. The monoisotopic (exact) mass is 382 g/mol. The van der Waals surface area contributed by atoms with E-state index in [9.17, 15) is 36.5 Å². The summed E-state index contributed by atoms with van der Waals surface area (Å²) in [5, 5.41) is 19.9. The molecule has 8 nitrogen and oxygen atoms in total. The summed E-state index contributed by atoms with van der Waals surface area (Å²) in [5.41, 5.74) is -0.725. The summed E-state index contributed by atoms with van der Waals surface area (Å²) in [6.45, 7) is -0.744. The Labute approximate surface area is 140 Å². The van der Waals surface area contributed by atoms with E-state index in [4.69, 9.17) is 5.11 Å². The maximum atomic E-state index is 13.0. The normalized spacial score (nSPS) is 22.1. The molecule has 1 fully saturated rings. The van der Waals surface area contributed by atoms with Gasteiger partial charge in [-0.05, 0) is 13.0 Å². The Hall–Kier alpha value is -2.21. The number of sulfonamides is 1. The van der Waals surface area contributed by atoms with Crippen LogP contribution in [0.4, 0.5) is 18.9 Å². The van der Waals surface area contributed by atoms with E-state index in [0.29, 0.717) is 4.31 Å². The molecule has 2 atom stereocenters. The first-order valence-electron chi connectivity index (χ1n) is 6.91. The van der Waals surface area contributed by atoms with E-state index < -0.39 is 62.6 Å². The first kappa shape index (κ1) is 19.1. The molecule has 1 aromatic rings. The molecule has 1 saturated heterocycles. The number of carboxylic acid groups (broad SMARTS) is 1. The van der Waals surface area contributed by atoms with Crippen molar-refractivity contribution in [1.82, 2.24) is 4.31 Å². The third-order valence-corrected chi connectivity index (χ3v) is 6.07. The topological polar surface area (TPSA) is 118 Å². The number of hydrogen-bond acceptors (Lipinski definition) is 5. The Kier molecular flexibility index (Phi) is 4.79. The standard InChI is InChI=1S/C13H13F3N2O6S/c1-7-10(18(21)22)3-2-4-11(7)25(23,24)17-5-8(12(19)20)9(6-17)13(14,15)16/h2-4,8-9H,5-6H2,1H3,(H,19,20)/t8-,9-/m1/s1. The second-order valence-corrected chi connectivity index (χ2v) is 7.48. The van der Waals surface area contributed by atoms with E-state index in [0.717, 1.165) is 25.1 Å². The molecule has 0 amide bonds. The van der Waals surface area contributed by atoms with Crippen LogP contribution in [0.5, 0.6) is 0 Å². The Morgan fingerprint density at radius 3 is 2.40 bits per heavy atom. The molecule has 1 aliphatic heterocycles. The van der Waals surface area contributed by atoms with E-state index in [1.54, 1.807) is 0 Å². The van der Waals surface area contributed by atoms with Gasteiger partial charge in [-0.2, -0.15) is 17.5 Å². The molecule has 0 aliphatic carbocycles. The van der Waals surface area contributed by atoms with Crippen LogP contribution in [0.2, 0.25) is 0 Å². The van der Waals surface area contributed by atoms with Crippen molar-refractivity contribution in [2.24, 2.45) is 11.8 Å². The lowest BCUT2D eigenvalue weighted by molar-refractivity contribution is -0.385. The first-order chi connectivity index (χ1) is 11.4. The average Bonchev–Trinajstić information content (AvgIpc) is 2.93. The quantitative estimate of drug-likeness (QED) is 0.627. The largest absolute Gasteiger partial charge is 0.481 e. The molecule has 1 heterocycles. The van der Waals surface area contributed by atoms with Crippen molar-refractivity contribution in [2.45, 2.75) is 18.0 Å². The minimum absolute atomic E-state index is 0.227. The number of carboxylic acids is 1. The Morgan fingerprint density at radius 2 is 1.96 bits per heavy atom. The number of rotatable bonds is 4. The van der Waals surface area contributed by atoms with Gasteiger partial charge in [0.2, 0.25) is 10.0 Å². The summed E-state index contributed by atoms with van der Waals surface area (Å²) >= 11 is 0. The van der Waals surface area contributed by atoms with Gasteiger partial charge in [0.05, 0.1) is 21.7 Å². The van der Waals surface area contributed by atoms with Crippen molar-refractivity contribution in [2.75, 3.05) is 13.1 Å². The highest BCUT2D eigenvalue weighted by Crippen LogP contribution is 2.40. The van der Waals surface area contributed by atoms with Crippen molar-refractivity contribution >= 4 is 21.7 Å². The molecule has 0 aromatic heterocycles. The third kappa shape index (κ3) is 3.44. The lowest BCUT2D eigenvalue weighted by Gasteiger charge is -2.19. The van der Waals surface area contributed by atoms with Crippen LogP contribution >= 0.6 is 0 Å². The number of hydrogen-bond donors (Lipinski definition) is 1. The van der Waals surface area contributed by atoms with Crippen molar-refractivity contribution in [1.29, 1.82) is 0 Å². The Balaban J connectivity index is 2.47. The lowest BCUT2D eigenvalue weighted by Crippen LogP contribution is -2.34. The maximum absolute atomic E-state index is 13.0. The fraction of sp³-hybridized carbons (Fsp3) is 0.462. The van der Waals surface area contributed by atoms with Crippen molar-refractivity contribution in [3.8, 4) is 0 Å². The van der Waals surface area contributed by atoms with Gasteiger partial charge >= 0.3 is 12.1 Å². The molecule has 0 unspecified atom stereocenters. The number of nitrogens with zero attached hydrogens (tertiary/aromatic N) is 2. The number of benzene rings is 1. The number of alkyl halides is 3. The second kappa shape index (κ2) is 6.26. The molecular weight excluding hydrogens is 369 g/mol. The molecule has 1 aromatic carbocycles. The van der Waals surface area contributed by atoms with Crippen LogP contribution in [0.1, 0.15) is 5.56 Å². The zero-order valence-electron chi connectivity index (χ0n) is 12.7. The summed E-state index contributed by atoms with van der Waals surface area (Å²) in [6.07, 6.45) is -4.88. The summed E-state index contributed by atoms with van der Waals surface area (Å²) in [5.74, 6) is -6.04. The predicted molar refractivity (Wildman–Crippen MR) is 77.3 cm³/mol. The molecule has 25 heavy (non-hydrogen) atoms. The van der Waals surface area contributed by atoms with E-state index in [1.165, 1.54) is 0 Å². The van der Waals surface area contributed by atoms with Gasteiger partial charge in [-0.3, -0.25) is 14.9 Å². The minimum Gasteiger partial charge on any atom is -0.481 e. The number of nitro benzene ring substituents is 1. The van der Waals surface area contributed by atoms with Crippen LogP contribution in [0.25, 0.3) is 0 Å². The van der Waals surface area contributed by atoms with Gasteiger partial charge in [-0.25, -0.2) is 8.42 Å². The number of nitro groups is 1. The van der Waals surface area contributed by atoms with Gasteiger partial charge in [0, 0.05) is 24.7 Å². The molecule has 0 saturated carbocycles. The van der Waals surface area contributed by atoms with Gasteiger partial charge < -0.3 is 5.11 Å². The Morgan fingerprint density at radius 1 is 1.36 bits per heavy atom. The van der Waals surface area contributed by atoms with Crippen LogP contribution in [0, 0.1) is 28.9 Å². The molecule has 0 spiro atoms. The van der Waals surface area contributed by atoms with Gasteiger partial charge in [-0.15, -0.1) is 0 Å². The number of carbonyl (C=O) groups is 1. The van der Waals surface area contributed by atoms with E-state index >= 15 is 0 Å². The molecule has 0 radical (unpaired) electrons. The smallest absolute Gasteiger partial charge is 0.393 e. The van der Waals surface area contributed by atoms with Gasteiger partial charge in [0.25, 0.3) is 5.69 Å². The highest BCUT2D eigenvalue weighted by molar-refractivity contribution is 7.89. The molecule has 1 N–H and O–H groups in total. The highest BCUT2D eigenvalue weighted by Gasteiger charge is 2.55. The van der Waals surface area contributed by atoms with Crippen LogP contribution in [-0.4, -0.2) is 48.0 Å². The summed E-state index contributed by atoms with van der Waals surface area (Å²) in [6, 6.07) is 3.20. The number of halogens is 3. The molecule has 2 rings (SSSR count). The van der Waals surface area contributed by atoms with Crippen molar-refractivity contribution in [3.05, 3.63) is 33.9 Å². The fourth-order valence-electron chi connectivity index (χ4n) is 2.77. The maximum Gasteiger partial charge on any atom is 0.393 e.